The molecule has 7 nitrogen and oxygen atoms in total. The van der Waals surface area contributed by atoms with Gasteiger partial charge in [0.2, 0.25) is 0 Å². The Morgan fingerprint density at radius 1 is 0.909 bits per heavy atom. The van der Waals surface area contributed by atoms with Crippen molar-refractivity contribution >= 4 is 33.2 Å². The van der Waals surface area contributed by atoms with E-state index in [2.05, 4.69) is 11.0 Å². The molecule has 3 rings (SSSR count). The molecule has 0 aromatic heterocycles. The summed E-state index contributed by atoms with van der Waals surface area (Å²) in [5.41, 5.74) is 9.68. The normalized spacial score (nSPS) is 12.6. The van der Waals surface area contributed by atoms with Crippen LogP contribution in [-0.4, -0.2) is 19.2 Å². The number of benzene rings is 3. The highest BCUT2D eigenvalue weighted by Crippen LogP contribution is 2.24. The second-order valence-electron chi connectivity index (χ2n) is 6.90. The molecular formula is C25H21N3O4S. The monoisotopic (exact) mass is 459 g/mol. The van der Waals surface area contributed by atoms with E-state index in [9.17, 15) is 18.5 Å². The Bertz CT molecular complexity index is 1340. The van der Waals surface area contributed by atoms with Gasteiger partial charge in [0, 0.05) is 17.7 Å². The van der Waals surface area contributed by atoms with E-state index < -0.39 is 14.9 Å². The molecular weight excluding hydrogens is 438 g/mol. The number of rotatable bonds is 8. The number of nitrogens with two attached hydrogens (primary N) is 1. The van der Waals surface area contributed by atoms with Crippen LogP contribution in [0.4, 0.5) is 5.69 Å². The first-order valence-electron chi connectivity index (χ1n) is 9.81. The first kappa shape index (κ1) is 23.4. The number of hydrogen-bond donors (Lipinski definition) is 1. The van der Waals surface area contributed by atoms with Crippen LogP contribution in [0, 0.1) is 10.1 Å². The van der Waals surface area contributed by atoms with Gasteiger partial charge in [-0.1, -0.05) is 73.3 Å². The fraction of sp³-hybridized carbons (Fsp3) is 0. The van der Waals surface area contributed by atoms with Crippen molar-refractivity contribution in [1.29, 1.82) is 0 Å². The zero-order valence-electron chi connectivity index (χ0n) is 17.5. The molecule has 0 amide bonds. The Morgan fingerprint density at radius 2 is 1.48 bits per heavy atom. The fourth-order valence-electron chi connectivity index (χ4n) is 3.01. The van der Waals surface area contributed by atoms with Gasteiger partial charge in [-0.2, -0.15) is 8.42 Å². The van der Waals surface area contributed by atoms with Crippen molar-refractivity contribution in [3.05, 3.63) is 135 Å². The van der Waals surface area contributed by atoms with Gasteiger partial charge < -0.3 is 5.73 Å². The summed E-state index contributed by atoms with van der Waals surface area (Å²) in [5, 5.41) is 11.6. The number of nitro benzene ring substituents is 1. The number of nitrogens with zero attached hydrogens (tertiary/aromatic N) is 2. The van der Waals surface area contributed by atoms with Crippen LogP contribution in [0.3, 0.4) is 0 Å². The lowest BCUT2D eigenvalue weighted by atomic mass is 9.96. The lowest BCUT2D eigenvalue weighted by Crippen LogP contribution is -2.15. The Balaban J connectivity index is 1.80. The number of sulfonamides is 1. The summed E-state index contributed by atoms with van der Waals surface area (Å²) in [6, 6.07) is 22.3. The van der Waals surface area contributed by atoms with Crippen LogP contribution in [0.5, 0.6) is 0 Å². The molecule has 3 aromatic rings. The van der Waals surface area contributed by atoms with Crippen molar-refractivity contribution in [2.75, 3.05) is 0 Å². The number of non-ortho nitro benzene ring substituents is 1. The highest BCUT2D eigenvalue weighted by Gasteiger charge is 2.09. The SMILES string of the molecule is C=C/C=C(\c1ccccc1)c1ccc(C(N)=NS(=O)(=O)/C=C/c2ccc([N+](=O)[O-])cc2)cc1. The molecule has 0 saturated carbocycles. The molecule has 8 heteroatoms. The van der Waals surface area contributed by atoms with Crippen molar-refractivity contribution in [1.82, 2.24) is 0 Å². The molecule has 0 radical (unpaired) electrons. The predicted octanol–water partition coefficient (Wildman–Crippen LogP) is 4.92. The molecule has 0 unspecified atom stereocenters. The molecule has 0 aliphatic rings. The Labute approximate surface area is 192 Å². The molecule has 0 aliphatic heterocycles. The topological polar surface area (TPSA) is 116 Å². The Kier molecular flexibility index (Phi) is 7.32. The van der Waals surface area contributed by atoms with Gasteiger partial charge in [0.1, 0.15) is 5.84 Å². The molecule has 0 saturated heterocycles. The van der Waals surface area contributed by atoms with Crippen molar-refractivity contribution in [2.24, 2.45) is 10.1 Å². The van der Waals surface area contributed by atoms with E-state index >= 15 is 0 Å². The minimum Gasteiger partial charge on any atom is -0.383 e. The lowest BCUT2D eigenvalue weighted by Gasteiger charge is -2.09. The Morgan fingerprint density at radius 3 is 2.06 bits per heavy atom. The van der Waals surface area contributed by atoms with Gasteiger partial charge in [0.25, 0.3) is 15.7 Å². The molecule has 2 N–H and O–H groups in total. The summed E-state index contributed by atoms with van der Waals surface area (Å²) in [6.45, 7) is 3.77. The quantitative estimate of drug-likeness (QED) is 0.169. The molecule has 3 aromatic carbocycles. The molecule has 0 spiro atoms. The first-order chi connectivity index (χ1) is 15.8. The molecule has 166 valence electrons. The van der Waals surface area contributed by atoms with Crippen molar-refractivity contribution in [2.45, 2.75) is 0 Å². The van der Waals surface area contributed by atoms with Crippen LogP contribution >= 0.6 is 0 Å². The van der Waals surface area contributed by atoms with E-state index in [4.69, 9.17) is 5.73 Å². The van der Waals surface area contributed by atoms with Gasteiger partial charge in [-0.05, 0) is 40.5 Å². The predicted molar refractivity (Wildman–Crippen MR) is 132 cm³/mol. The van der Waals surface area contributed by atoms with Crippen LogP contribution < -0.4 is 5.73 Å². The van der Waals surface area contributed by atoms with E-state index in [-0.39, 0.29) is 11.5 Å². The van der Waals surface area contributed by atoms with Crippen LogP contribution in [0.25, 0.3) is 11.6 Å². The molecule has 0 bridgehead atoms. The van der Waals surface area contributed by atoms with Crippen LogP contribution in [0.15, 0.2) is 107 Å². The second kappa shape index (κ2) is 10.3. The molecule has 0 heterocycles. The summed E-state index contributed by atoms with van der Waals surface area (Å²) in [5.74, 6) is -0.149. The second-order valence-corrected chi connectivity index (χ2v) is 8.39. The van der Waals surface area contributed by atoms with E-state index in [1.807, 2.05) is 48.5 Å². The summed E-state index contributed by atoms with van der Waals surface area (Å²) in [7, 11) is -4.01. The lowest BCUT2D eigenvalue weighted by molar-refractivity contribution is -0.384. The van der Waals surface area contributed by atoms with Crippen LogP contribution in [-0.2, 0) is 10.0 Å². The molecule has 0 atom stereocenters. The Hall–Kier alpha value is -4.30. The van der Waals surface area contributed by atoms with Crippen LogP contribution in [0.1, 0.15) is 22.3 Å². The number of amidine groups is 1. The van der Waals surface area contributed by atoms with E-state index in [1.54, 1.807) is 18.2 Å². The largest absolute Gasteiger partial charge is 0.383 e. The van der Waals surface area contributed by atoms with Gasteiger partial charge in [-0.25, -0.2) is 0 Å². The van der Waals surface area contributed by atoms with Gasteiger partial charge in [0.05, 0.1) is 10.3 Å². The van der Waals surface area contributed by atoms with E-state index in [0.29, 0.717) is 11.1 Å². The number of allylic oxidation sites excluding steroid dienone is 2. The van der Waals surface area contributed by atoms with Crippen molar-refractivity contribution in [3.63, 3.8) is 0 Å². The average Bonchev–Trinajstić information content (AvgIpc) is 2.82. The minimum absolute atomic E-state index is 0.0842. The average molecular weight is 460 g/mol. The molecule has 0 fully saturated rings. The molecule has 0 aliphatic carbocycles. The summed E-state index contributed by atoms with van der Waals surface area (Å²) < 4.78 is 28.3. The highest BCUT2D eigenvalue weighted by atomic mass is 32.2. The minimum atomic E-state index is -4.01. The maximum atomic E-state index is 12.3. The number of hydrogen-bond acceptors (Lipinski definition) is 4. The fourth-order valence-corrected chi connectivity index (χ4v) is 3.78. The van der Waals surface area contributed by atoms with Gasteiger partial charge in [-0.3, -0.25) is 10.1 Å². The van der Waals surface area contributed by atoms with E-state index in [0.717, 1.165) is 22.1 Å². The third-order valence-electron chi connectivity index (χ3n) is 4.62. The summed E-state index contributed by atoms with van der Waals surface area (Å²) in [4.78, 5) is 10.2. The van der Waals surface area contributed by atoms with Gasteiger partial charge in [-0.15, -0.1) is 4.40 Å². The van der Waals surface area contributed by atoms with E-state index in [1.165, 1.54) is 30.3 Å². The first-order valence-corrected chi connectivity index (χ1v) is 11.3. The van der Waals surface area contributed by atoms with Gasteiger partial charge in [0.15, 0.2) is 0 Å². The zero-order chi connectivity index (χ0) is 23.8. The smallest absolute Gasteiger partial charge is 0.277 e. The van der Waals surface area contributed by atoms with Crippen LogP contribution in [0.2, 0.25) is 0 Å². The standard InChI is InChI=1S/C25H21N3O4S/c1-2-6-24(20-7-4-3-5-8-20)21-11-13-22(14-12-21)25(26)27-33(31,32)18-17-19-9-15-23(16-10-19)28(29)30/h2-18H,1H2,(H2,26,27)/b18-17+,24-6+. The maximum absolute atomic E-state index is 12.3. The summed E-state index contributed by atoms with van der Waals surface area (Å²) >= 11 is 0. The highest BCUT2D eigenvalue weighted by molar-refractivity contribution is 7.93. The van der Waals surface area contributed by atoms with Crippen molar-refractivity contribution < 1.29 is 13.3 Å². The summed E-state index contributed by atoms with van der Waals surface area (Å²) in [6.07, 6.45) is 4.90. The number of nitro groups is 1. The maximum Gasteiger partial charge on any atom is 0.277 e. The third kappa shape index (κ3) is 6.34. The van der Waals surface area contributed by atoms with Gasteiger partial charge >= 0.3 is 0 Å². The zero-order valence-corrected chi connectivity index (χ0v) is 18.4. The molecule has 33 heavy (non-hydrogen) atoms. The third-order valence-corrected chi connectivity index (χ3v) is 5.55. The van der Waals surface area contributed by atoms with Crippen molar-refractivity contribution in [3.8, 4) is 0 Å².